The quantitative estimate of drug-likeness (QED) is 0.302. The van der Waals surface area contributed by atoms with Gasteiger partial charge in [0.1, 0.15) is 0 Å². The van der Waals surface area contributed by atoms with Gasteiger partial charge in [-0.25, -0.2) is 0 Å². The molecule has 154 valence electrons. The third-order valence-corrected chi connectivity index (χ3v) is 8.11. The van der Waals surface area contributed by atoms with E-state index in [0.29, 0.717) is 15.0 Å². The Morgan fingerprint density at radius 2 is 1.45 bits per heavy atom. The molecule has 0 aromatic heterocycles. The first kappa shape index (κ1) is 23.9. The van der Waals surface area contributed by atoms with E-state index in [4.69, 9.17) is 0 Å². The predicted octanol–water partition coefficient (Wildman–Crippen LogP) is 1.88. The zero-order valence-electron chi connectivity index (χ0n) is 18.5. The Balaban J connectivity index is 0.00000300. The van der Waals surface area contributed by atoms with Crippen LogP contribution in [0.25, 0.3) is 5.57 Å². The van der Waals surface area contributed by atoms with Gasteiger partial charge in [0.25, 0.3) is 0 Å². The second-order valence-electron chi connectivity index (χ2n) is 8.71. The first-order valence-electron chi connectivity index (χ1n) is 9.69. The van der Waals surface area contributed by atoms with Gasteiger partial charge >= 0.3 is 177 Å². The van der Waals surface area contributed by atoms with E-state index >= 15 is 0 Å². The van der Waals surface area contributed by atoms with E-state index in [-0.39, 0.29) is 29.4 Å². The van der Waals surface area contributed by atoms with Gasteiger partial charge in [-0.2, -0.15) is 0 Å². The topological polar surface area (TPSA) is 6.25 Å². The van der Waals surface area contributed by atoms with Gasteiger partial charge in [0, 0.05) is 0 Å². The van der Waals surface area contributed by atoms with Crippen molar-refractivity contribution >= 4 is 31.9 Å². The number of halogens is 1. The number of anilines is 1. The molecule has 1 heterocycles. The molecule has 0 saturated carbocycles. The van der Waals surface area contributed by atoms with Crippen molar-refractivity contribution in [3.8, 4) is 0 Å². The molecule has 3 rings (SSSR count). The summed E-state index contributed by atoms with van der Waals surface area (Å²) in [6.07, 6.45) is 13.8. The summed E-state index contributed by atoms with van der Waals surface area (Å²) in [5.74, 6) is 0. The van der Waals surface area contributed by atoms with Crippen LogP contribution in [-0.4, -0.2) is 53.4 Å². The zero-order chi connectivity index (χ0) is 20.5. The fourth-order valence-electron chi connectivity index (χ4n) is 3.06. The smallest absolute Gasteiger partial charge is 1.00 e. The van der Waals surface area contributed by atoms with Crippen molar-refractivity contribution in [3.05, 3.63) is 80.8 Å². The van der Waals surface area contributed by atoms with Crippen LogP contribution in [0, 0.1) is 5.41 Å². The summed E-state index contributed by atoms with van der Waals surface area (Å²) in [5.41, 5.74) is 6.58. The van der Waals surface area contributed by atoms with Crippen LogP contribution in [-0.2, 0) is 0 Å². The van der Waals surface area contributed by atoms with Crippen molar-refractivity contribution in [2.24, 2.45) is 5.41 Å². The number of benzene rings is 1. The van der Waals surface area contributed by atoms with Crippen molar-refractivity contribution < 1.29 is 28.6 Å². The van der Waals surface area contributed by atoms with E-state index in [9.17, 15) is 0 Å². The van der Waals surface area contributed by atoms with Crippen LogP contribution in [0.2, 0.25) is 0 Å². The molecule has 0 saturated heterocycles. The summed E-state index contributed by atoms with van der Waals surface area (Å²) in [6, 6.07) is 8.88. The van der Waals surface area contributed by atoms with Crippen molar-refractivity contribution in [2.45, 2.75) is 20.8 Å². The summed E-state index contributed by atoms with van der Waals surface area (Å²) in [7, 11) is 8.33. The molecule has 4 heteroatoms. The van der Waals surface area contributed by atoms with E-state index in [1.807, 2.05) is 0 Å². The fourth-order valence-corrected chi connectivity index (χ4v) is 5.51. The van der Waals surface area contributed by atoms with Crippen LogP contribution in [0.4, 0.5) is 5.69 Å². The Hall–Kier alpha value is -1.36. The van der Waals surface area contributed by atoms with Crippen LogP contribution in [0.1, 0.15) is 26.3 Å². The molecule has 1 aromatic carbocycles. The van der Waals surface area contributed by atoms with Crippen molar-refractivity contribution in [1.82, 2.24) is 0 Å². The van der Waals surface area contributed by atoms with Crippen molar-refractivity contribution in [2.75, 3.05) is 33.1 Å². The number of nitrogens with zero attached hydrogens (tertiary/aromatic N) is 2. The summed E-state index contributed by atoms with van der Waals surface area (Å²) < 4.78 is 5.15. The van der Waals surface area contributed by atoms with Gasteiger partial charge in [-0.3, -0.25) is 0 Å². The van der Waals surface area contributed by atoms with Gasteiger partial charge in [0.05, 0.1) is 0 Å². The Morgan fingerprint density at radius 1 is 0.862 bits per heavy atom. The van der Waals surface area contributed by atoms with Crippen LogP contribution >= 0.6 is 0 Å². The molecule has 1 aromatic rings. The van der Waals surface area contributed by atoms with Crippen LogP contribution in [0.5, 0.6) is 0 Å². The monoisotopic (exact) mass is 566 g/mol. The second-order valence-corrected chi connectivity index (χ2v) is 11.0. The summed E-state index contributed by atoms with van der Waals surface area (Å²) >= 11 is 0.338. The second kappa shape index (κ2) is 9.63. The first-order chi connectivity index (χ1) is 13.1. The summed E-state index contributed by atoms with van der Waals surface area (Å²) in [5, 5.41) is 0. The number of hydrogen-bond acceptors (Lipinski definition) is 1. The molecule has 0 atom stereocenters. The summed E-state index contributed by atoms with van der Waals surface area (Å²) in [6.45, 7) is 6.97. The minimum Gasteiger partial charge on any atom is -1.00 e. The molecule has 0 radical (unpaired) electrons. The molecule has 0 amide bonds. The van der Waals surface area contributed by atoms with E-state index in [0.717, 1.165) is 0 Å². The van der Waals surface area contributed by atoms with Gasteiger partial charge in [-0.05, 0) is 0 Å². The average Bonchev–Trinajstić information content (AvgIpc) is 2.67. The zero-order valence-corrected chi connectivity index (χ0v) is 22.3. The molecule has 1 aliphatic heterocycles. The Morgan fingerprint density at radius 3 is 1.93 bits per heavy atom. The van der Waals surface area contributed by atoms with Gasteiger partial charge in [0.15, 0.2) is 0 Å². The van der Waals surface area contributed by atoms with E-state index < -0.39 is 0 Å². The molecular weight excluding hydrogens is 534 g/mol. The van der Waals surface area contributed by atoms with Gasteiger partial charge in [0.2, 0.25) is 0 Å². The largest absolute Gasteiger partial charge is 1.00 e. The predicted molar refractivity (Wildman–Crippen MR) is 124 cm³/mol. The maximum Gasteiger partial charge on any atom is -1.00 e. The maximum atomic E-state index is 2.42. The normalized spacial score (nSPS) is 16.3. The maximum absolute atomic E-state index is 2.42. The van der Waals surface area contributed by atoms with Crippen molar-refractivity contribution in [1.29, 1.82) is 0 Å². The van der Waals surface area contributed by atoms with Gasteiger partial charge in [-0.1, -0.05) is 0 Å². The first-order valence-corrected chi connectivity index (χ1v) is 11.4. The number of hydrogen-bond donors (Lipinski definition) is 0. The number of allylic oxidation sites excluding steroid dienone is 10. The Labute approximate surface area is 199 Å². The minimum absolute atomic E-state index is 0. The summed E-state index contributed by atoms with van der Waals surface area (Å²) in [4.78, 5) is 2.14. The fraction of sp³-hybridized carbons (Fsp3) is 0.320. The SMILES string of the molecule is CN(C)c1ccc(C2=CC(=C3C=CC(=[N+](C)C)C=C3)[Se]C(C(C)(C)C)=C2)cc1.[I-]. The Bertz CT molecular complexity index is 928. The van der Waals surface area contributed by atoms with E-state index in [2.05, 4.69) is 119 Å². The molecule has 2 nitrogen and oxygen atoms in total. The number of rotatable bonds is 2. The third kappa shape index (κ3) is 5.84. The molecule has 0 fully saturated rings. The van der Waals surface area contributed by atoms with Gasteiger partial charge < -0.3 is 24.0 Å². The molecule has 29 heavy (non-hydrogen) atoms. The standard InChI is InChI=1S/C25H31N2Se.HI/c1-25(2,3)24-17-20(18-8-12-21(13-9-18)26(4)5)16-23(28-24)19-10-14-22(15-11-19)27(6)7;/h8-17H,1-7H3;1H/q+1;/p-1. The molecular formula is C25H31IN2Se. The van der Waals surface area contributed by atoms with Crippen LogP contribution in [0.3, 0.4) is 0 Å². The minimum atomic E-state index is 0. The average molecular weight is 565 g/mol. The van der Waals surface area contributed by atoms with Crippen molar-refractivity contribution in [3.63, 3.8) is 0 Å². The van der Waals surface area contributed by atoms with Crippen LogP contribution < -0.4 is 28.9 Å². The Kier molecular flexibility index (Phi) is 7.94. The van der Waals surface area contributed by atoms with Crippen LogP contribution in [0.15, 0.2) is 75.2 Å². The van der Waals surface area contributed by atoms with E-state index in [1.54, 1.807) is 4.47 Å². The molecule has 0 spiro atoms. The molecule has 0 N–H and O–H groups in total. The molecule has 2 aliphatic rings. The van der Waals surface area contributed by atoms with Gasteiger partial charge in [-0.15, -0.1) is 0 Å². The molecule has 0 bridgehead atoms. The molecule has 1 aliphatic carbocycles. The third-order valence-electron chi connectivity index (χ3n) is 4.92. The molecule has 0 unspecified atom stereocenters. The van der Waals surface area contributed by atoms with E-state index in [1.165, 1.54) is 32.6 Å².